The molecule has 2 aliphatic heterocycles. The average Bonchev–Trinajstić information content (AvgIpc) is 3.35. The third kappa shape index (κ3) is 6.43. The summed E-state index contributed by atoms with van der Waals surface area (Å²) in [4.78, 5) is 28.4. The number of piperidine rings is 1. The largest absolute Gasteiger partial charge is 0.490 e. The molecule has 1 atom stereocenters. The van der Waals surface area contributed by atoms with E-state index in [1.54, 1.807) is 18.2 Å². The molecule has 2 N–H and O–H groups in total. The zero-order valence-corrected chi connectivity index (χ0v) is 22.8. The quantitative estimate of drug-likeness (QED) is 0.464. The molecule has 2 saturated heterocycles. The van der Waals surface area contributed by atoms with Gasteiger partial charge in [-0.25, -0.2) is 8.78 Å². The number of hydrogen-bond acceptors (Lipinski definition) is 4. The van der Waals surface area contributed by atoms with Crippen molar-refractivity contribution in [1.82, 2.24) is 9.80 Å². The normalized spacial score (nSPS) is 21.5. The number of benzene rings is 2. The van der Waals surface area contributed by atoms with Gasteiger partial charge in [0.25, 0.3) is 5.91 Å². The fourth-order valence-electron chi connectivity index (χ4n) is 6.36. The minimum atomic E-state index is -0.680. The van der Waals surface area contributed by atoms with Gasteiger partial charge in [-0.1, -0.05) is 25.5 Å². The van der Waals surface area contributed by atoms with Gasteiger partial charge < -0.3 is 20.3 Å². The SMILES string of the molecule is CC1(CN2CCC(COc3ccc(-c4ccc(C(=O)N5CCCC5CC(N)=O)c(F)c4)cc3F)CC2)CCC1. The fraction of sp³-hybridized carbons (Fsp3) is 0.548. The van der Waals surface area contributed by atoms with Crippen molar-refractivity contribution >= 4 is 11.8 Å². The Balaban J connectivity index is 1.16. The molecule has 3 aliphatic rings. The molecule has 5 rings (SSSR count). The first kappa shape index (κ1) is 27.6. The maximum atomic E-state index is 15.0. The number of amides is 2. The van der Waals surface area contributed by atoms with Crippen LogP contribution in [0, 0.1) is 23.0 Å². The van der Waals surface area contributed by atoms with Crippen LogP contribution in [0.3, 0.4) is 0 Å². The molecule has 1 unspecified atom stereocenters. The molecule has 1 saturated carbocycles. The van der Waals surface area contributed by atoms with Crippen LogP contribution >= 0.6 is 0 Å². The van der Waals surface area contributed by atoms with E-state index in [0.717, 1.165) is 32.4 Å². The van der Waals surface area contributed by atoms with Gasteiger partial charge in [-0.2, -0.15) is 0 Å². The molecule has 0 aromatic heterocycles. The predicted molar refractivity (Wildman–Crippen MR) is 146 cm³/mol. The number of hydrogen-bond donors (Lipinski definition) is 1. The second-order valence-electron chi connectivity index (χ2n) is 12.0. The van der Waals surface area contributed by atoms with E-state index >= 15 is 4.39 Å². The number of halogens is 2. The van der Waals surface area contributed by atoms with E-state index < -0.39 is 23.4 Å². The van der Waals surface area contributed by atoms with Crippen molar-refractivity contribution in [2.24, 2.45) is 17.1 Å². The van der Waals surface area contributed by atoms with E-state index in [0.29, 0.717) is 42.0 Å². The lowest BCUT2D eigenvalue weighted by atomic mass is 9.70. The lowest BCUT2D eigenvalue weighted by Gasteiger charge is -2.44. The molecule has 0 radical (unpaired) electrons. The maximum absolute atomic E-state index is 15.0. The topological polar surface area (TPSA) is 75.9 Å². The lowest BCUT2D eigenvalue weighted by molar-refractivity contribution is -0.118. The van der Waals surface area contributed by atoms with Crippen molar-refractivity contribution in [3.8, 4) is 16.9 Å². The second-order valence-corrected chi connectivity index (χ2v) is 12.0. The number of carbonyl (C=O) groups excluding carboxylic acids is 2. The molecule has 6 nitrogen and oxygen atoms in total. The Hall–Kier alpha value is -3.00. The molecule has 0 bridgehead atoms. The van der Waals surface area contributed by atoms with Crippen LogP contribution < -0.4 is 10.5 Å². The van der Waals surface area contributed by atoms with Crippen LogP contribution in [-0.4, -0.2) is 60.4 Å². The predicted octanol–water partition coefficient (Wildman–Crippen LogP) is 5.39. The molecule has 3 fully saturated rings. The van der Waals surface area contributed by atoms with Gasteiger partial charge >= 0.3 is 0 Å². The number of primary amides is 1. The molecule has 2 aromatic carbocycles. The molecule has 2 heterocycles. The monoisotopic (exact) mass is 539 g/mol. The molecule has 0 spiro atoms. The van der Waals surface area contributed by atoms with Crippen molar-refractivity contribution in [3.05, 3.63) is 53.6 Å². The van der Waals surface area contributed by atoms with Crippen molar-refractivity contribution in [2.75, 3.05) is 32.8 Å². The third-order valence-electron chi connectivity index (χ3n) is 8.89. The third-order valence-corrected chi connectivity index (χ3v) is 8.89. The average molecular weight is 540 g/mol. The van der Waals surface area contributed by atoms with Crippen LogP contribution in [0.15, 0.2) is 36.4 Å². The van der Waals surface area contributed by atoms with Gasteiger partial charge in [0, 0.05) is 25.6 Å². The zero-order valence-electron chi connectivity index (χ0n) is 22.8. The van der Waals surface area contributed by atoms with Crippen LogP contribution in [-0.2, 0) is 4.79 Å². The van der Waals surface area contributed by atoms with Crippen molar-refractivity contribution in [3.63, 3.8) is 0 Å². The highest BCUT2D eigenvalue weighted by atomic mass is 19.1. The summed E-state index contributed by atoms with van der Waals surface area (Å²) in [6.45, 7) is 6.65. The van der Waals surface area contributed by atoms with Gasteiger partial charge in [0.2, 0.25) is 5.91 Å². The van der Waals surface area contributed by atoms with E-state index in [1.165, 1.54) is 48.9 Å². The van der Waals surface area contributed by atoms with E-state index in [2.05, 4.69) is 11.8 Å². The fourth-order valence-corrected chi connectivity index (χ4v) is 6.36. The molecule has 210 valence electrons. The maximum Gasteiger partial charge on any atom is 0.257 e. The summed E-state index contributed by atoms with van der Waals surface area (Å²) in [6.07, 6.45) is 7.61. The Bertz CT molecular complexity index is 1210. The minimum absolute atomic E-state index is 0.0663. The van der Waals surface area contributed by atoms with Crippen LogP contribution in [0.5, 0.6) is 5.75 Å². The van der Waals surface area contributed by atoms with Crippen molar-refractivity contribution in [2.45, 2.75) is 64.3 Å². The van der Waals surface area contributed by atoms with E-state index in [4.69, 9.17) is 10.5 Å². The Labute approximate surface area is 229 Å². The smallest absolute Gasteiger partial charge is 0.257 e. The summed E-state index contributed by atoms with van der Waals surface area (Å²) < 4.78 is 35.8. The molecule has 2 aromatic rings. The highest BCUT2D eigenvalue weighted by Crippen LogP contribution is 2.41. The van der Waals surface area contributed by atoms with Crippen molar-refractivity contribution in [1.29, 1.82) is 0 Å². The van der Waals surface area contributed by atoms with Crippen LogP contribution in [0.2, 0.25) is 0 Å². The standard InChI is InChI=1S/C31H39F2N3O3/c1-31(11-3-12-31)20-35-14-9-21(10-15-35)19-39-28-8-6-23(17-27(28)33)22-5-7-25(26(32)16-22)30(38)36-13-2-4-24(36)18-29(34)37/h5-8,16-17,21,24H,2-4,9-15,18-20H2,1H3,(H2,34,37). The number of nitrogens with zero attached hydrogens (tertiary/aromatic N) is 2. The second kappa shape index (κ2) is 11.6. The first-order valence-electron chi connectivity index (χ1n) is 14.2. The Morgan fingerprint density at radius 3 is 2.28 bits per heavy atom. The van der Waals surface area contributed by atoms with Gasteiger partial charge in [0.05, 0.1) is 12.2 Å². The molecule has 39 heavy (non-hydrogen) atoms. The molecule has 8 heteroatoms. The van der Waals surface area contributed by atoms with Gasteiger partial charge in [-0.3, -0.25) is 9.59 Å². The van der Waals surface area contributed by atoms with Crippen LogP contribution in [0.1, 0.15) is 68.6 Å². The molecule has 2 amide bonds. The lowest BCUT2D eigenvalue weighted by Crippen LogP contribution is -2.44. The van der Waals surface area contributed by atoms with E-state index in [9.17, 15) is 14.0 Å². The summed E-state index contributed by atoms with van der Waals surface area (Å²) >= 11 is 0. The highest BCUT2D eigenvalue weighted by Gasteiger charge is 2.35. The first-order valence-corrected chi connectivity index (χ1v) is 14.2. The summed E-state index contributed by atoms with van der Waals surface area (Å²) in [5.41, 5.74) is 6.71. The number of ether oxygens (including phenoxy) is 1. The Kier molecular flexibility index (Phi) is 8.21. The van der Waals surface area contributed by atoms with Gasteiger partial charge in [-0.05, 0) is 98.3 Å². The van der Waals surface area contributed by atoms with E-state index in [-0.39, 0.29) is 23.8 Å². The van der Waals surface area contributed by atoms with Gasteiger partial charge in [-0.15, -0.1) is 0 Å². The number of rotatable bonds is 9. The Morgan fingerprint density at radius 2 is 1.67 bits per heavy atom. The zero-order chi connectivity index (χ0) is 27.6. The van der Waals surface area contributed by atoms with E-state index in [1.807, 2.05) is 0 Å². The molecular weight excluding hydrogens is 500 g/mol. The summed E-state index contributed by atoms with van der Waals surface area (Å²) in [5, 5.41) is 0. The summed E-state index contributed by atoms with van der Waals surface area (Å²) in [6, 6.07) is 8.62. The summed E-state index contributed by atoms with van der Waals surface area (Å²) in [7, 11) is 0. The van der Waals surface area contributed by atoms with Crippen LogP contribution in [0.4, 0.5) is 8.78 Å². The number of likely N-dealkylation sites (tertiary alicyclic amines) is 2. The molecular formula is C31H39F2N3O3. The number of carbonyl (C=O) groups is 2. The van der Waals surface area contributed by atoms with Gasteiger partial charge in [0.1, 0.15) is 5.82 Å². The number of nitrogens with two attached hydrogens (primary N) is 1. The summed E-state index contributed by atoms with van der Waals surface area (Å²) in [5.74, 6) is -1.50. The van der Waals surface area contributed by atoms with Gasteiger partial charge in [0.15, 0.2) is 11.6 Å². The minimum Gasteiger partial charge on any atom is -0.490 e. The molecule has 1 aliphatic carbocycles. The van der Waals surface area contributed by atoms with Crippen LogP contribution in [0.25, 0.3) is 11.1 Å². The Morgan fingerprint density at radius 1 is 0.974 bits per heavy atom. The first-order chi connectivity index (χ1) is 18.7. The highest BCUT2D eigenvalue weighted by molar-refractivity contribution is 5.95. The van der Waals surface area contributed by atoms with Crippen molar-refractivity contribution < 1.29 is 23.1 Å².